The molecule has 10 heteroatoms. The summed E-state index contributed by atoms with van der Waals surface area (Å²) in [5.74, 6) is -0.811. The summed E-state index contributed by atoms with van der Waals surface area (Å²) in [6, 6.07) is 5.56. The van der Waals surface area contributed by atoms with Gasteiger partial charge in [-0.3, -0.25) is 9.52 Å². The molecule has 1 rings (SSSR count). The van der Waals surface area contributed by atoms with E-state index < -0.39 is 38.8 Å². The number of halogens is 3. The van der Waals surface area contributed by atoms with Gasteiger partial charge < -0.3 is 5.32 Å². The zero-order valence-electron chi connectivity index (χ0n) is 15.1. The van der Waals surface area contributed by atoms with Crippen LogP contribution in [0.2, 0.25) is 0 Å². The van der Waals surface area contributed by atoms with E-state index in [0.717, 1.165) is 6.07 Å². The van der Waals surface area contributed by atoms with Gasteiger partial charge in [-0.1, -0.05) is 6.58 Å². The van der Waals surface area contributed by atoms with E-state index in [-0.39, 0.29) is 23.4 Å². The Labute approximate surface area is 156 Å². The molecule has 1 amide bonds. The molecule has 0 fully saturated rings. The molecule has 0 heterocycles. The van der Waals surface area contributed by atoms with Crippen LogP contribution < -0.4 is 10.0 Å². The van der Waals surface area contributed by atoms with Crippen molar-refractivity contribution in [3.05, 3.63) is 41.5 Å². The minimum absolute atomic E-state index is 0.0731. The molecule has 2 N–H and O–H groups in total. The van der Waals surface area contributed by atoms with Crippen LogP contribution >= 0.6 is 0 Å². The zero-order chi connectivity index (χ0) is 21.0. The van der Waals surface area contributed by atoms with E-state index in [9.17, 15) is 26.4 Å². The highest BCUT2D eigenvalue weighted by atomic mass is 32.2. The second-order valence-corrected chi connectivity index (χ2v) is 9.13. The normalized spacial score (nSPS) is 12.2. The average Bonchev–Trinajstić information content (AvgIpc) is 2.52. The van der Waals surface area contributed by atoms with E-state index in [0.29, 0.717) is 0 Å². The van der Waals surface area contributed by atoms with Crippen LogP contribution in [0.4, 0.5) is 18.9 Å². The van der Waals surface area contributed by atoms with Crippen LogP contribution in [0.5, 0.6) is 0 Å². The number of rotatable bonds is 6. The molecule has 0 bridgehead atoms. The topological polar surface area (TPSA) is 99.1 Å². The molecule has 0 aliphatic heterocycles. The lowest BCUT2D eigenvalue weighted by Crippen LogP contribution is -2.35. The molecule has 0 atom stereocenters. The van der Waals surface area contributed by atoms with E-state index >= 15 is 0 Å². The first kappa shape index (κ1) is 22.5. The fraction of sp³-hybridized carbons (Fsp3) is 0.412. The van der Waals surface area contributed by atoms with Crippen molar-refractivity contribution in [2.45, 2.75) is 38.1 Å². The second kappa shape index (κ2) is 8.00. The highest BCUT2D eigenvalue weighted by Gasteiger charge is 2.32. The van der Waals surface area contributed by atoms with Gasteiger partial charge in [0, 0.05) is 12.1 Å². The summed E-state index contributed by atoms with van der Waals surface area (Å²) < 4.78 is 63.1. The first-order chi connectivity index (χ1) is 12.2. The maximum absolute atomic E-state index is 12.4. The van der Waals surface area contributed by atoms with Gasteiger partial charge in [0.05, 0.1) is 27.6 Å². The minimum atomic E-state index is -4.56. The van der Waals surface area contributed by atoms with Crippen LogP contribution in [0.1, 0.15) is 43.1 Å². The van der Waals surface area contributed by atoms with Gasteiger partial charge in [-0.15, -0.1) is 0 Å². The number of anilines is 1. The predicted molar refractivity (Wildman–Crippen MR) is 95.6 cm³/mol. The molecule has 0 aliphatic carbocycles. The number of hydrogen-bond acceptors (Lipinski definition) is 4. The van der Waals surface area contributed by atoms with Gasteiger partial charge >= 0.3 is 6.18 Å². The lowest BCUT2D eigenvalue weighted by molar-refractivity contribution is -0.0934. The Morgan fingerprint density at radius 1 is 1.26 bits per heavy atom. The van der Waals surface area contributed by atoms with Crippen molar-refractivity contribution in [1.29, 1.82) is 5.26 Å². The van der Waals surface area contributed by atoms with Crippen molar-refractivity contribution in [2.24, 2.45) is 0 Å². The molecule has 0 aromatic heterocycles. The molecular formula is C17H20F3N3O3S. The van der Waals surface area contributed by atoms with Crippen LogP contribution in [0.3, 0.4) is 0 Å². The number of alkyl halides is 3. The standard InChI is InChI=1S/C17H20F3N3O3S/c1-11(17(18,19)20)7-8-22-15(24)13-9-12(10-21)5-6-14(13)23-27(25,26)16(2,3)4/h5-6,9,23H,1,7-8H2,2-4H3,(H,22,24). The fourth-order valence-corrected chi connectivity index (χ4v) is 2.53. The van der Waals surface area contributed by atoms with Crippen LogP contribution in [0, 0.1) is 11.3 Å². The van der Waals surface area contributed by atoms with E-state index in [1.54, 1.807) is 0 Å². The first-order valence-corrected chi connectivity index (χ1v) is 9.27. The number of nitriles is 1. The van der Waals surface area contributed by atoms with Gasteiger partial charge in [0.25, 0.3) is 5.91 Å². The summed E-state index contributed by atoms with van der Waals surface area (Å²) in [6.07, 6.45) is -5.07. The van der Waals surface area contributed by atoms with Gasteiger partial charge in [-0.2, -0.15) is 18.4 Å². The van der Waals surface area contributed by atoms with Gasteiger partial charge in [-0.05, 0) is 45.4 Å². The molecule has 0 unspecified atom stereocenters. The molecule has 6 nitrogen and oxygen atoms in total. The minimum Gasteiger partial charge on any atom is -0.352 e. The van der Waals surface area contributed by atoms with Crippen LogP contribution in [0.25, 0.3) is 0 Å². The molecule has 0 spiro atoms. The van der Waals surface area contributed by atoms with Gasteiger partial charge in [0.15, 0.2) is 0 Å². The Morgan fingerprint density at radius 3 is 2.33 bits per heavy atom. The lowest BCUT2D eigenvalue weighted by atomic mass is 10.1. The third kappa shape index (κ3) is 5.99. The molecule has 0 aliphatic rings. The highest BCUT2D eigenvalue weighted by Crippen LogP contribution is 2.26. The largest absolute Gasteiger partial charge is 0.412 e. The van der Waals surface area contributed by atoms with E-state index in [1.165, 1.54) is 32.9 Å². The van der Waals surface area contributed by atoms with Crippen molar-refractivity contribution < 1.29 is 26.4 Å². The summed E-state index contributed by atoms with van der Waals surface area (Å²) in [6.45, 7) is 6.94. The predicted octanol–water partition coefficient (Wildman–Crippen LogP) is 3.34. The Morgan fingerprint density at radius 2 is 1.85 bits per heavy atom. The van der Waals surface area contributed by atoms with E-state index in [1.807, 2.05) is 6.07 Å². The maximum atomic E-state index is 12.4. The second-order valence-electron chi connectivity index (χ2n) is 6.70. The van der Waals surface area contributed by atoms with Crippen LogP contribution in [-0.2, 0) is 10.0 Å². The third-order valence-electron chi connectivity index (χ3n) is 3.56. The van der Waals surface area contributed by atoms with Crippen LogP contribution in [-0.4, -0.2) is 31.8 Å². The summed E-state index contributed by atoms with van der Waals surface area (Å²) in [5.41, 5.74) is -1.14. The van der Waals surface area contributed by atoms with E-state index in [2.05, 4.69) is 16.6 Å². The van der Waals surface area contributed by atoms with Crippen molar-refractivity contribution in [1.82, 2.24) is 5.32 Å². The monoisotopic (exact) mass is 403 g/mol. The quantitative estimate of drug-likeness (QED) is 0.712. The molecule has 148 valence electrons. The molecule has 1 aromatic carbocycles. The lowest BCUT2D eigenvalue weighted by Gasteiger charge is -2.21. The van der Waals surface area contributed by atoms with Crippen molar-refractivity contribution >= 4 is 21.6 Å². The third-order valence-corrected chi connectivity index (χ3v) is 5.66. The molecule has 1 aromatic rings. The SMILES string of the molecule is C=C(CCNC(=O)c1cc(C#N)ccc1NS(=O)(=O)C(C)(C)C)C(F)(F)F. The molecular weight excluding hydrogens is 383 g/mol. The number of amides is 1. The number of nitrogens with zero attached hydrogens (tertiary/aromatic N) is 1. The Kier molecular flexibility index (Phi) is 6.67. The zero-order valence-corrected chi connectivity index (χ0v) is 15.9. The van der Waals surface area contributed by atoms with Crippen molar-refractivity contribution in [3.8, 4) is 6.07 Å². The molecule has 0 saturated heterocycles. The number of sulfonamides is 1. The molecule has 27 heavy (non-hydrogen) atoms. The van der Waals surface area contributed by atoms with Crippen LogP contribution in [0.15, 0.2) is 30.4 Å². The Hall–Kier alpha value is -2.54. The summed E-state index contributed by atoms with van der Waals surface area (Å²) >= 11 is 0. The number of carbonyl (C=O) groups excluding carboxylic acids is 1. The summed E-state index contributed by atoms with van der Waals surface area (Å²) in [7, 11) is -3.86. The number of carbonyl (C=O) groups is 1. The summed E-state index contributed by atoms with van der Waals surface area (Å²) in [4.78, 5) is 12.3. The smallest absolute Gasteiger partial charge is 0.352 e. The maximum Gasteiger partial charge on any atom is 0.412 e. The van der Waals surface area contributed by atoms with Crippen molar-refractivity contribution in [3.63, 3.8) is 0 Å². The molecule has 0 saturated carbocycles. The number of benzene rings is 1. The van der Waals surface area contributed by atoms with Crippen molar-refractivity contribution in [2.75, 3.05) is 11.3 Å². The fourth-order valence-electron chi connectivity index (χ4n) is 1.75. The Bertz CT molecular complexity index is 879. The van der Waals surface area contributed by atoms with Gasteiger partial charge in [0.1, 0.15) is 0 Å². The number of hydrogen-bond donors (Lipinski definition) is 2. The Balaban J connectivity index is 3.06. The van der Waals surface area contributed by atoms with Gasteiger partial charge in [0.2, 0.25) is 10.0 Å². The van der Waals surface area contributed by atoms with E-state index in [4.69, 9.17) is 5.26 Å². The number of nitrogens with one attached hydrogen (secondary N) is 2. The summed E-state index contributed by atoms with van der Waals surface area (Å²) in [5, 5.41) is 11.3. The molecule has 0 radical (unpaired) electrons. The highest BCUT2D eigenvalue weighted by molar-refractivity contribution is 7.94. The first-order valence-electron chi connectivity index (χ1n) is 7.78. The van der Waals surface area contributed by atoms with Gasteiger partial charge in [-0.25, -0.2) is 8.42 Å². The average molecular weight is 403 g/mol.